The number of aryl methyl sites for hydroxylation is 1. The molecule has 15 heavy (non-hydrogen) atoms. The molecule has 0 fully saturated rings. The summed E-state index contributed by atoms with van der Waals surface area (Å²) in [7, 11) is 0. The van der Waals surface area contributed by atoms with Gasteiger partial charge in [0.15, 0.2) is 0 Å². The summed E-state index contributed by atoms with van der Waals surface area (Å²) in [6.45, 7) is 6.33. The number of carboxylic acid groups (broad SMARTS) is 1. The molecule has 1 heterocycles. The number of carboxylic acids is 1. The molecule has 1 aromatic heterocycles. The van der Waals surface area contributed by atoms with Crippen LogP contribution in [0.5, 0.6) is 0 Å². The average Bonchev–Trinajstić information content (AvgIpc) is 2.59. The van der Waals surface area contributed by atoms with E-state index in [4.69, 9.17) is 5.11 Å². The van der Waals surface area contributed by atoms with E-state index in [0.29, 0.717) is 12.2 Å². The topological polar surface area (TPSA) is 42.2 Å². The molecule has 1 aromatic rings. The van der Waals surface area contributed by atoms with E-state index in [1.807, 2.05) is 10.6 Å². The molecule has 3 heteroatoms. The number of aromatic carboxylic acids is 1. The lowest BCUT2D eigenvalue weighted by Gasteiger charge is -2.08. The Hall–Kier alpha value is -1.51. The zero-order valence-electron chi connectivity index (χ0n) is 9.07. The van der Waals surface area contributed by atoms with E-state index in [1.54, 1.807) is 12.1 Å². The maximum absolute atomic E-state index is 10.9. The van der Waals surface area contributed by atoms with Gasteiger partial charge >= 0.3 is 5.97 Å². The summed E-state index contributed by atoms with van der Waals surface area (Å²) in [6, 6.07) is 3.56. The average molecular weight is 207 g/mol. The van der Waals surface area contributed by atoms with Crippen molar-refractivity contribution in [2.24, 2.45) is 0 Å². The van der Waals surface area contributed by atoms with Crippen LogP contribution in [-0.2, 0) is 13.0 Å². The van der Waals surface area contributed by atoms with Crippen LogP contribution in [0.15, 0.2) is 24.8 Å². The van der Waals surface area contributed by atoms with Crippen LogP contribution >= 0.6 is 0 Å². The fraction of sp³-hybridized carbons (Fsp3) is 0.417. The summed E-state index contributed by atoms with van der Waals surface area (Å²) in [5.41, 5.74) is 1.43. The number of hydrogen-bond donors (Lipinski definition) is 1. The lowest BCUT2D eigenvalue weighted by Crippen LogP contribution is -2.10. The third-order valence-corrected chi connectivity index (χ3v) is 2.39. The smallest absolute Gasteiger partial charge is 0.352 e. The molecule has 1 N–H and O–H groups in total. The molecule has 82 valence electrons. The molecule has 0 aliphatic heterocycles. The lowest BCUT2D eigenvalue weighted by molar-refractivity contribution is 0.0685. The minimum atomic E-state index is -0.875. The Labute approximate surface area is 90.0 Å². The Morgan fingerprint density at radius 2 is 2.33 bits per heavy atom. The second kappa shape index (κ2) is 5.39. The fourth-order valence-corrected chi connectivity index (χ4v) is 1.62. The second-order valence-corrected chi connectivity index (χ2v) is 3.52. The van der Waals surface area contributed by atoms with Crippen molar-refractivity contribution in [1.29, 1.82) is 0 Å². The minimum Gasteiger partial charge on any atom is -0.477 e. The second-order valence-electron chi connectivity index (χ2n) is 3.52. The molecule has 0 amide bonds. The quantitative estimate of drug-likeness (QED) is 0.729. The first-order valence-corrected chi connectivity index (χ1v) is 5.23. The van der Waals surface area contributed by atoms with E-state index in [-0.39, 0.29) is 0 Å². The number of unbranched alkanes of at least 4 members (excludes halogenated alkanes) is 1. The van der Waals surface area contributed by atoms with E-state index >= 15 is 0 Å². The van der Waals surface area contributed by atoms with Crippen LogP contribution in [0.2, 0.25) is 0 Å². The number of allylic oxidation sites excluding steroid dienone is 1. The van der Waals surface area contributed by atoms with Crippen LogP contribution in [0.25, 0.3) is 0 Å². The van der Waals surface area contributed by atoms with Gasteiger partial charge in [-0.1, -0.05) is 19.4 Å². The van der Waals surface area contributed by atoms with Crippen molar-refractivity contribution < 1.29 is 9.90 Å². The highest BCUT2D eigenvalue weighted by Crippen LogP contribution is 2.12. The molecule has 0 unspecified atom stereocenters. The molecule has 3 nitrogen and oxygen atoms in total. The lowest BCUT2D eigenvalue weighted by atomic mass is 10.2. The van der Waals surface area contributed by atoms with Crippen LogP contribution in [-0.4, -0.2) is 15.6 Å². The number of carbonyl (C=O) groups is 1. The normalized spacial score (nSPS) is 10.2. The van der Waals surface area contributed by atoms with E-state index in [2.05, 4.69) is 13.5 Å². The van der Waals surface area contributed by atoms with E-state index in [0.717, 1.165) is 25.0 Å². The molecule has 0 aliphatic carbocycles. The predicted molar refractivity (Wildman–Crippen MR) is 60.2 cm³/mol. The molecule has 1 rings (SSSR count). The van der Waals surface area contributed by atoms with Gasteiger partial charge in [0.25, 0.3) is 0 Å². The van der Waals surface area contributed by atoms with Crippen molar-refractivity contribution in [3.8, 4) is 0 Å². The molecular formula is C12H17NO2. The highest BCUT2D eigenvalue weighted by Gasteiger charge is 2.12. The summed E-state index contributed by atoms with van der Waals surface area (Å²) in [5.74, 6) is -0.875. The predicted octanol–water partition coefficient (Wildman–Crippen LogP) is 2.71. The Morgan fingerprint density at radius 3 is 2.87 bits per heavy atom. The number of nitrogens with zero attached hydrogens (tertiary/aromatic N) is 1. The SMILES string of the molecule is C=CCn1c(CCCC)ccc1C(=O)O. The first-order valence-electron chi connectivity index (χ1n) is 5.23. The molecule has 0 radical (unpaired) electrons. The first-order chi connectivity index (χ1) is 7.20. The van der Waals surface area contributed by atoms with E-state index < -0.39 is 5.97 Å². The monoisotopic (exact) mass is 207 g/mol. The third-order valence-electron chi connectivity index (χ3n) is 2.39. The van der Waals surface area contributed by atoms with Gasteiger partial charge in [-0.3, -0.25) is 0 Å². The van der Waals surface area contributed by atoms with Crippen molar-refractivity contribution in [3.63, 3.8) is 0 Å². The van der Waals surface area contributed by atoms with Crippen molar-refractivity contribution in [2.45, 2.75) is 32.7 Å². The Morgan fingerprint density at radius 1 is 1.60 bits per heavy atom. The van der Waals surface area contributed by atoms with Gasteiger partial charge in [-0.2, -0.15) is 0 Å². The summed E-state index contributed by atoms with van der Waals surface area (Å²) in [4.78, 5) is 10.9. The Balaban J connectivity index is 2.94. The highest BCUT2D eigenvalue weighted by atomic mass is 16.4. The van der Waals surface area contributed by atoms with Crippen LogP contribution < -0.4 is 0 Å². The van der Waals surface area contributed by atoms with Crippen molar-refractivity contribution in [3.05, 3.63) is 36.2 Å². The summed E-state index contributed by atoms with van der Waals surface area (Å²) in [5, 5.41) is 8.98. The molecule has 0 spiro atoms. The van der Waals surface area contributed by atoms with Gasteiger partial charge in [0, 0.05) is 12.2 Å². The van der Waals surface area contributed by atoms with Gasteiger partial charge in [-0.15, -0.1) is 6.58 Å². The van der Waals surface area contributed by atoms with Gasteiger partial charge < -0.3 is 9.67 Å². The van der Waals surface area contributed by atoms with Crippen molar-refractivity contribution in [1.82, 2.24) is 4.57 Å². The van der Waals surface area contributed by atoms with Crippen LogP contribution in [0.4, 0.5) is 0 Å². The maximum Gasteiger partial charge on any atom is 0.352 e. The highest BCUT2D eigenvalue weighted by molar-refractivity contribution is 5.86. The number of hydrogen-bond acceptors (Lipinski definition) is 1. The summed E-state index contributed by atoms with van der Waals surface area (Å²) < 4.78 is 1.81. The summed E-state index contributed by atoms with van der Waals surface area (Å²) in [6.07, 6.45) is 4.85. The first kappa shape index (κ1) is 11.6. The zero-order valence-corrected chi connectivity index (χ0v) is 9.07. The van der Waals surface area contributed by atoms with Gasteiger partial charge in [0.2, 0.25) is 0 Å². The molecule has 0 aliphatic rings. The van der Waals surface area contributed by atoms with Crippen LogP contribution in [0.3, 0.4) is 0 Å². The largest absolute Gasteiger partial charge is 0.477 e. The standard InChI is InChI=1S/C12H17NO2/c1-3-5-6-10-7-8-11(12(14)15)13(10)9-4-2/h4,7-8H,2-3,5-6,9H2,1H3,(H,14,15). The van der Waals surface area contributed by atoms with E-state index in [9.17, 15) is 4.79 Å². The van der Waals surface area contributed by atoms with Gasteiger partial charge in [-0.25, -0.2) is 4.79 Å². The zero-order chi connectivity index (χ0) is 11.3. The molecule has 0 atom stereocenters. The Kier molecular flexibility index (Phi) is 4.16. The maximum atomic E-state index is 10.9. The molecular weight excluding hydrogens is 190 g/mol. The summed E-state index contributed by atoms with van der Waals surface area (Å²) >= 11 is 0. The van der Waals surface area contributed by atoms with Gasteiger partial charge in [-0.05, 0) is 25.0 Å². The molecule has 0 saturated carbocycles. The fourth-order valence-electron chi connectivity index (χ4n) is 1.62. The van der Waals surface area contributed by atoms with Gasteiger partial charge in [0.05, 0.1) is 0 Å². The van der Waals surface area contributed by atoms with Gasteiger partial charge in [0.1, 0.15) is 5.69 Å². The molecule has 0 bridgehead atoms. The molecule has 0 saturated heterocycles. The van der Waals surface area contributed by atoms with Crippen LogP contribution in [0, 0.1) is 0 Å². The number of rotatable bonds is 6. The Bertz CT molecular complexity index is 353. The third kappa shape index (κ3) is 2.72. The van der Waals surface area contributed by atoms with E-state index in [1.165, 1.54) is 0 Å². The number of aromatic nitrogens is 1. The van der Waals surface area contributed by atoms with Crippen LogP contribution in [0.1, 0.15) is 35.9 Å². The van der Waals surface area contributed by atoms with Crippen molar-refractivity contribution in [2.75, 3.05) is 0 Å². The molecule has 0 aromatic carbocycles. The van der Waals surface area contributed by atoms with Crippen molar-refractivity contribution >= 4 is 5.97 Å². The minimum absolute atomic E-state index is 0.348.